The first-order chi connectivity index (χ1) is 24.4. The van der Waals surface area contributed by atoms with Gasteiger partial charge in [-0.3, -0.25) is 4.40 Å². The molecule has 0 saturated heterocycles. The summed E-state index contributed by atoms with van der Waals surface area (Å²) >= 11 is 0. The number of hydrogen-bond donors (Lipinski definition) is 0. The van der Waals surface area contributed by atoms with Gasteiger partial charge in [-0.15, -0.1) is 0 Å². The van der Waals surface area contributed by atoms with Gasteiger partial charge in [0.15, 0.2) is 5.58 Å². The van der Waals surface area contributed by atoms with Crippen LogP contribution in [-0.4, -0.2) is 9.38 Å². The van der Waals surface area contributed by atoms with Crippen LogP contribution in [0.2, 0.25) is 0 Å². The van der Waals surface area contributed by atoms with Gasteiger partial charge in [-0.1, -0.05) is 154 Å². The van der Waals surface area contributed by atoms with Crippen molar-refractivity contribution in [2.24, 2.45) is 0 Å². The fraction of sp³-hybridized carbons (Fsp3) is 0.0851. The lowest BCUT2D eigenvalue weighted by Crippen LogP contribution is -2.13. The number of fused-ring (bicyclic) bond motifs is 5. The Labute approximate surface area is 292 Å². The maximum Gasteiger partial charge on any atom is 0.307 e. The molecule has 50 heavy (non-hydrogen) atoms. The zero-order chi connectivity index (χ0) is 33.8. The average molecular weight is 645 g/mol. The van der Waals surface area contributed by atoms with Gasteiger partial charge in [-0.2, -0.15) is 4.98 Å². The molecule has 2 heterocycles. The van der Waals surface area contributed by atoms with Crippen molar-refractivity contribution in [3.8, 4) is 55.6 Å². The van der Waals surface area contributed by atoms with Crippen LogP contribution in [0.25, 0.3) is 83.6 Å². The molecule has 0 amide bonds. The minimum atomic E-state index is -0.0997. The second kappa shape index (κ2) is 11.7. The SMILES string of the molecule is CC(C)(C)c1ccc2c(oc3nc4ccccc4n32)c1-c1ccc(-c2cc(-c3ccccc3)c(-c3ccccc3)cc2-c2ccccc2)cc1. The van der Waals surface area contributed by atoms with Gasteiger partial charge in [0, 0.05) is 5.56 Å². The minimum Gasteiger partial charge on any atom is -0.422 e. The van der Waals surface area contributed by atoms with Crippen LogP contribution in [0.3, 0.4) is 0 Å². The molecule has 0 atom stereocenters. The first-order valence-electron chi connectivity index (χ1n) is 17.2. The van der Waals surface area contributed by atoms with Crippen LogP contribution in [0.15, 0.2) is 168 Å². The Morgan fingerprint density at radius 2 is 0.920 bits per heavy atom. The van der Waals surface area contributed by atoms with Crippen molar-refractivity contribution in [1.29, 1.82) is 0 Å². The normalized spacial score (nSPS) is 11.9. The van der Waals surface area contributed by atoms with E-state index in [-0.39, 0.29) is 5.41 Å². The fourth-order valence-corrected chi connectivity index (χ4v) is 7.38. The monoisotopic (exact) mass is 644 g/mol. The number of imidazole rings is 1. The number of hydrogen-bond acceptors (Lipinski definition) is 2. The molecule has 7 aromatic carbocycles. The Hall–Kier alpha value is -6.19. The summed E-state index contributed by atoms with van der Waals surface area (Å²) in [5.41, 5.74) is 16.8. The molecule has 0 N–H and O–H groups in total. The van der Waals surface area contributed by atoms with Crippen molar-refractivity contribution in [2.45, 2.75) is 26.2 Å². The average Bonchev–Trinajstić information content (AvgIpc) is 3.71. The highest BCUT2D eigenvalue weighted by Gasteiger charge is 2.25. The summed E-state index contributed by atoms with van der Waals surface area (Å²) < 4.78 is 8.76. The molecular formula is C47H36N2O. The van der Waals surface area contributed by atoms with Crippen LogP contribution in [0.5, 0.6) is 0 Å². The van der Waals surface area contributed by atoms with Crippen molar-refractivity contribution >= 4 is 28.0 Å². The maximum atomic E-state index is 6.62. The zero-order valence-electron chi connectivity index (χ0n) is 28.4. The molecule has 0 unspecified atom stereocenters. The van der Waals surface area contributed by atoms with Crippen molar-refractivity contribution < 1.29 is 4.42 Å². The molecule has 0 spiro atoms. The highest BCUT2D eigenvalue weighted by Crippen LogP contribution is 2.44. The van der Waals surface area contributed by atoms with Crippen LogP contribution >= 0.6 is 0 Å². The number of aromatic nitrogens is 2. The van der Waals surface area contributed by atoms with E-state index in [1.165, 1.54) is 44.5 Å². The molecule has 0 saturated carbocycles. The third kappa shape index (κ3) is 5.02. The van der Waals surface area contributed by atoms with E-state index in [9.17, 15) is 0 Å². The number of oxazole rings is 1. The van der Waals surface area contributed by atoms with E-state index < -0.39 is 0 Å². The van der Waals surface area contributed by atoms with Crippen LogP contribution < -0.4 is 0 Å². The third-order valence-corrected chi connectivity index (χ3v) is 9.81. The molecule has 9 aromatic rings. The fourth-order valence-electron chi connectivity index (χ4n) is 7.38. The largest absolute Gasteiger partial charge is 0.422 e. The van der Waals surface area contributed by atoms with Gasteiger partial charge in [-0.25, -0.2) is 0 Å². The van der Waals surface area contributed by atoms with E-state index in [0.717, 1.165) is 38.8 Å². The smallest absolute Gasteiger partial charge is 0.307 e. The summed E-state index contributed by atoms with van der Waals surface area (Å²) in [4.78, 5) is 4.83. The number of rotatable bonds is 5. The van der Waals surface area contributed by atoms with Crippen molar-refractivity contribution in [2.75, 3.05) is 0 Å². The lowest BCUT2D eigenvalue weighted by atomic mass is 9.81. The Kier molecular flexibility index (Phi) is 7.03. The van der Waals surface area contributed by atoms with Gasteiger partial charge >= 0.3 is 5.84 Å². The summed E-state index contributed by atoms with van der Waals surface area (Å²) in [6, 6.07) is 58.6. The van der Waals surface area contributed by atoms with Gasteiger partial charge in [0.25, 0.3) is 0 Å². The van der Waals surface area contributed by atoms with Crippen molar-refractivity contribution in [1.82, 2.24) is 9.38 Å². The molecule has 0 radical (unpaired) electrons. The molecule has 0 fully saturated rings. The molecule has 240 valence electrons. The second-order valence-corrected chi connectivity index (χ2v) is 14.0. The molecule has 3 heteroatoms. The minimum absolute atomic E-state index is 0.0997. The maximum absolute atomic E-state index is 6.62. The van der Waals surface area contributed by atoms with Gasteiger partial charge in [-0.05, 0) is 91.4 Å². The van der Waals surface area contributed by atoms with Crippen LogP contribution in [0.1, 0.15) is 26.3 Å². The first kappa shape index (κ1) is 29.9. The zero-order valence-corrected chi connectivity index (χ0v) is 28.4. The molecule has 2 aromatic heterocycles. The summed E-state index contributed by atoms with van der Waals surface area (Å²) in [7, 11) is 0. The predicted octanol–water partition coefficient (Wildman–Crippen LogP) is 12.9. The van der Waals surface area contributed by atoms with E-state index >= 15 is 0 Å². The van der Waals surface area contributed by atoms with Crippen LogP contribution in [-0.2, 0) is 5.41 Å². The summed E-state index contributed by atoms with van der Waals surface area (Å²) in [6.45, 7) is 6.79. The van der Waals surface area contributed by atoms with E-state index in [1.807, 2.05) is 12.1 Å². The summed E-state index contributed by atoms with van der Waals surface area (Å²) in [5.74, 6) is 0.615. The number of benzene rings is 7. The number of nitrogens with zero attached hydrogens (tertiary/aromatic N) is 2. The van der Waals surface area contributed by atoms with Gasteiger partial charge < -0.3 is 4.42 Å². The lowest BCUT2D eigenvalue weighted by molar-refractivity contribution is 0.589. The molecule has 0 aliphatic carbocycles. The highest BCUT2D eigenvalue weighted by molar-refractivity contribution is 5.99. The van der Waals surface area contributed by atoms with E-state index in [2.05, 4.69) is 177 Å². The molecule has 0 aliphatic heterocycles. The Bertz CT molecular complexity index is 2640. The van der Waals surface area contributed by atoms with Crippen LogP contribution in [0.4, 0.5) is 0 Å². The molecule has 0 aliphatic rings. The predicted molar refractivity (Wildman–Crippen MR) is 208 cm³/mol. The molecular weight excluding hydrogens is 609 g/mol. The Morgan fingerprint density at radius 1 is 0.460 bits per heavy atom. The van der Waals surface area contributed by atoms with Gasteiger partial charge in [0.1, 0.15) is 0 Å². The molecule has 9 rings (SSSR count). The van der Waals surface area contributed by atoms with E-state index in [1.54, 1.807) is 0 Å². The van der Waals surface area contributed by atoms with Gasteiger partial charge in [0.05, 0.1) is 16.6 Å². The van der Waals surface area contributed by atoms with Crippen LogP contribution in [0, 0.1) is 0 Å². The quantitative estimate of drug-likeness (QED) is 0.187. The molecule has 0 bridgehead atoms. The summed E-state index contributed by atoms with van der Waals surface area (Å²) in [6.07, 6.45) is 0. The topological polar surface area (TPSA) is 30.4 Å². The first-order valence-corrected chi connectivity index (χ1v) is 17.2. The summed E-state index contributed by atoms with van der Waals surface area (Å²) in [5, 5.41) is 0. The highest BCUT2D eigenvalue weighted by atomic mass is 16.4. The Morgan fingerprint density at radius 3 is 1.44 bits per heavy atom. The standard InChI is InChI=1S/C47H36N2O/c1-47(2,3)40-27-28-43-45(50-46-48-41-21-13-14-22-42(41)49(43)46)44(40)35-25-23-34(24-26-35)39-30-37(32-17-9-5-10-18-32)36(31-15-7-4-8-16-31)29-38(39)33-19-11-6-12-20-33/h4-30H,1-3H3. The van der Waals surface area contributed by atoms with E-state index in [4.69, 9.17) is 9.40 Å². The third-order valence-electron chi connectivity index (χ3n) is 9.81. The van der Waals surface area contributed by atoms with Crippen molar-refractivity contribution in [3.05, 3.63) is 169 Å². The second-order valence-electron chi connectivity index (χ2n) is 14.0. The van der Waals surface area contributed by atoms with E-state index in [0.29, 0.717) is 5.84 Å². The van der Waals surface area contributed by atoms with Crippen molar-refractivity contribution in [3.63, 3.8) is 0 Å². The lowest BCUT2D eigenvalue weighted by Gasteiger charge is -2.23. The Balaban J connectivity index is 1.26. The number of para-hydroxylation sites is 2. The molecule has 3 nitrogen and oxygen atoms in total. The van der Waals surface area contributed by atoms with Gasteiger partial charge in [0.2, 0.25) is 0 Å².